The molecule has 0 bridgehead atoms. The molecule has 3 unspecified atom stereocenters. The number of alkyl halides is 3. The van der Waals surface area contributed by atoms with E-state index < -0.39 is 30.2 Å². The minimum Gasteiger partial charge on any atom is -0.418 e. The molecule has 3 heterocycles. The summed E-state index contributed by atoms with van der Waals surface area (Å²) in [5.41, 5.74) is 3.16. The van der Waals surface area contributed by atoms with E-state index in [2.05, 4.69) is 20.9 Å². The van der Waals surface area contributed by atoms with Crippen molar-refractivity contribution in [3.63, 3.8) is 0 Å². The summed E-state index contributed by atoms with van der Waals surface area (Å²) >= 11 is 0. The first-order valence-corrected chi connectivity index (χ1v) is 8.81. The second-order valence-corrected chi connectivity index (χ2v) is 6.78. The molecule has 2 N–H and O–H groups in total. The molecule has 0 saturated carbocycles. The molecule has 2 aromatic rings. The van der Waals surface area contributed by atoms with Crippen molar-refractivity contribution in [2.75, 3.05) is 7.11 Å². The SMILES string of the molecule is COCc1nnc(C2=C(C)NC3C(c4ccccc4)C(C(F)(F)F)NN3C2=O)o1. The molecule has 154 valence electrons. The van der Waals surface area contributed by atoms with Crippen molar-refractivity contribution in [2.24, 2.45) is 0 Å². The van der Waals surface area contributed by atoms with Crippen LogP contribution >= 0.6 is 0 Å². The first-order chi connectivity index (χ1) is 13.8. The molecule has 11 heteroatoms. The van der Waals surface area contributed by atoms with Crippen molar-refractivity contribution in [3.8, 4) is 0 Å². The molecule has 0 radical (unpaired) electrons. The Bertz CT molecular complexity index is 944. The molecule has 0 spiro atoms. The lowest BCUT2D eigenvalue weighted by Crippen LogP contribution is -2.54. The molecule has 1 aromatic heterocycles. The number of halogens is 3. The van der Waals surface area contributed by atoms with Gasteiger partial charge in [-0.05, 0) is 12.5 Å². The molecule has 3 atom stereocenters. The summed E-state index contributed by atoms with van der Waals surface area (Å²) in [5.74, 6) is -1.64. The Morgan fingerprint density at radius 3 is 2.62 bits per heavy atom. The number of hydrogen-bond acceptors (Lipinski definition) is 7. The fraction of sp³-hybridized carbons (Fsp3) is 0.389. The van der Waals surface area contributed by atoms with Crippen LogP contribution in [0, 0.1) is 0 Å². The Balaban J connectivity index is 1.72. The van der Waals surface area contributed by atoms with E-state index in [0.29, 0.717) is 11.3 Å². The summed E-state index contributed by atoms with van der Waals surface area (Å²) in [7, 11) is 1.45. The molecule has 8 nitrogen and oxygen atoms in total. The van der Waals surface area contributed by atoms with Crippen LogP contribution < -0.4 is 10.7 Å². The van der Waals surface area contributed by atoms with Crippen LogP contribution in [0.3, 0.4) is 0 Å². The van der Waals surface area contributed by atoms with Gasteiger partial charge in [-0.3, -0.25) is 4.79 Å². The zero-order valence-corrected chi connectivity index (χ0v) is 15.5. The number of amides is 1. The van der Waals surface area contributed by atoms with Gasteiger partial charge < -0.3 is 14.5 Å². The molecular formula is C18H18F3N5O3. The van der Waals surface area contributed by atoms with E-state index in [1.807, 2.05) is 0 Å². The average molecular weight is 409 g/mol. The number of benzene rings is 1. The summed E-state index contributed by atoms with van der Waals surface area (Å²) in [5, 5.41) is 11.6. The van der Waals surface area contributed by atoms with Crippen LogP contribution in [0.4, 0.5) is 13.2 Å². The molecule has 1 saturated heterocycles. The third kappa shape index (κ3) is 3.36. The van der Waals surface area contributed by atoms with Gasteiger partial charge in [0, 0.05) is 12.8 Å². The maximum absolute atomic E-state index is 13.8. The zero-order valence-electron chi connectivity index (χ0n) is 15.5. The van der Waals surface area contributed by atoms with Crippen molar-refractivity contribution < 1.29 is 27.1 Å². The summed E-state index contributed by atoms with van der Waals surface area (Å²) < 4.78 is 51.6. The largest absolute Gasteiger partial charge is 0.418 e. The highest BCUT2D eigenvalue weighted by molar-refractivity contribution is 6.19. The summed E-state index contributed by atoms with van der Waals surface area (Å²) in [4.78, 5) is 13.1. The summed E-state index contributed by atoms with van der Waals surface area (Å²) in [6, 6.07) is 6.35. The van der Waals surface area contributed by atoms with Crippen molar-refractivity contribution in [1.29, 1.82) is 0 Å². The van der Waals surface area contributed by atoms with Crippen molar-refractivity contribution in [3.05, 3.63) is 53.4 Å². The zero-order chi connectivity index (χ0) is 20.8. The minimum atomic E-state index is -4.57. The predicted molar refractivity (Wildman–Crippen MR) is 93.5 cm³/mol. The Morgan fingerprint density at radius 1 is 1.24 bits per heavy atom. The van der Waals surface area contributed by atoms with Crippen LogP contribution in [0.5, 0.6) is 0 Å². The highest BCUT2D eigenvalue weighted by Crippen LogP contribution is 2.42. The van der Waals surface area contributed by atoms with Crippen molar-refractivity contribution >= 4 is 11.5 Å². The van der Waals surface area contributed by atoms with E-state index in [1.165, 1.54) is 7.11 Å². The first kappa shape index (κ1) is 19.4. The van der Waals surface area contributed by atoms with Gasteiger partial charge in [0.15, 0.2) is 0 Å². The smallest absolute Gasteiger partial charge is 0.406 e. The second kappa shape index (κ2) is 7.16. The number of rotatable bonds is 4. The Hall–Kier alpha value is -2.92. The van der Waals surface area contributed by atoms with Crippen LogP contribution in [-0.4, -0.2) is 46.6 Å². The number of nitrogens with zero attached hydrogens (tertiary/aromatic N) is 3. The van der Waals surface area contributed by atoms with Crippen LogP contribution in [0.15, 0.2) is 40.4 Å². The van der Waals surface area contributed by atoms with Gasteiger partial charge in [-0.25, -0.2) is 10.4 Å². The lowest BCUT2D eigenvalue weighted by atomic mass is 9.89. The second-order valence-electron chi connectivity index (χ2n) is 6.78. The number of ether oxygens (including phenoxy) is 1. The van der Waals surface area contributed by atoms with Crippen LogP contribution in [0.25, 0.3) is 5.57 Å². The van der Waals surface area contributed by atoms with Gasteiger partial charge in [0.25, 0.3) is 11.8 Å². The monoisotopic (exact) mass is 409 g/mol. The highest BCUT2D eigenvalue weighted by atomic mass is 19.4. The van der Waals surface area contributed by atoms with Crippen LogP contribution in [-0.2, 0) is 16.1 Å². The van der Waals surface area contributed by atoms with Crippen LogP contribution in [0.1, 0.15) is 30.2 Å². The van der Waals surface area contributed by atoms with Gasteiger partial charge in [-0.15, -0.1) is 10.2 Å². The lowest BCUT2D eigenvalue weighted by molar-refractivity contribution is -0.161. The maximum atomic E-state index is 13.8. The molecule has 1 fully saturated rings. The third-order valence-corrected chi connectivity index (χ3v) is 4.91. The normalized spacial score (nSPS) is 24.7. The molecule has 2 aliphatic heterocycles. The third-order valence-electron chi connectivity index (χ3n) is 4.91. The predicted octanol–water partition coefficient (Wildman–Crippen LogP) is 1.94. The minimum absolute atomic E-state index is 0.0123. The van der Waals surface area contributed by atoms with Crippen molar-refractivity contribution in [2.45, 2.75) is 37.8 Å². The van der Waals surface area contributed by atoms with E-state index in [-0.39, 0.29) is 24.0 Å². The fourth-order valence-electron chi connectivity index (χ4n) is 3.68. The Kier molecular flexibility index (Phi) is 4.79. The van der Waals surface area contributed by atoms with Gasteiger partial charge in [0.1, 0.15) is 24.4 Å². The average Bonchev–Trinajstić information content (AvgIpc) is 3.27. The van der Waals surface area contributed by atoms with E-state index in [4.69, 9.17) is 9.15 Å². The quantitative estimate of drug-likeness (QED) is 0.797. The number of hydrazine groups is 1. The Morgan fingerprint density at radius 2 is 1.97 bits per heavy atom. The number of aromatic nitrogens is 2. The molecule has 4 rings (SSSR count). The van der Waals surface area contributed by atoms with E-state index in [1.54, 1.807) is 37.3 Å². The van der Waals surface area contributed by atoms with E-state index >= 15 is 0 Å². The van der Waals surface area contributed by atoms with Gasteiger partial charge in [0.05, 0.1) is 5.92 Å². The molecule has 1 aromatic carbocycles. The van der Waals surface area contributed by atoms with Crippen molar-refractivity contribution in [1.82, 2.24) is 25.9 Å². The van der Waals surface area contributed by atoms with Gasteiger partial charge in [0.2, 0.25) is 5.89 Å². The topological polar surface area (TPSA) is 92.5 Å². The summed E-state index contributed by atoms with van der Waals surface area (Å²) in [6.45, 7) is 1.64. The fourth-order valence-corrected chi connectivity index (χ4v) is 3.68. The number of carbonyl (C=O) groups is 1. The van der Waals surface area contributed by atoms with E-state index in [9.17, 15) is 18.0 Å². The molecule has 29 heavy (non-hydrogen) atoms. The number of nitrogens with one attached hydrogen (secondary N) is 2. The van der Waals surface area contributed by atoms with E-state index in [0.717, 1.165) is 5.01 Å². The number of fused-ring (bicyclic) bond motifs is 1. The molecule has 2 aliphatic rings. The number of methoxy groups -OCH3 is 1. The van der Waals surface area contributed by atoms with Gasteiger partial charge in [-0.2, -0.15) is 13.2 Å². The summed E-state index contributed by atoms with van der Waals surface area (Å²) in [6.07, 6.45) is -5.49. The van der Waals surface area contributed by atoms with Crippen LogP contribution in [0.2, 0.25) is 0 Å². The lowest BCUT2D eigenvalue weighted by Gasteiger charge is -2.34. The van der Waals surface area contributed by atoms with Gasteiger partial charge >= 0.3 is 6.18 Å². The number of hydrogen-bond donors (Lipinski definition) is 2. The first-order valence-electron chi connectivity index (χ1n) is 8.81. The number of allylic oxidation sites excluding steroid dienone is 1. The molecular weight excluding hydrogens is 391 g/mol. The Labute approximate surface area is 163 Å². The number of carbonyl (C=O) groups excluding carboxylic acids is 1. The highest BCUT2D eigenvalue weighted by Gasteiger charge is 2.58. The van der Waals surface area contributed by atoms with Gasteiger partial charge in [-0.1, -0.05) is 30.3 Å². The molecule has 0 aliphatic carbocycles. The standard InChI is InChI=1S/C18H18F3N5O3/c1-9-12(16-24-23-11(29-16)8-28-2)17(27)26-15(22-9)13(10-6-4-3-5-7-10)14(25-26)18(19,20)21/h3-7,13-15,22,25H,8H2,1-2H3. The molecule has 1 amide bonds. The maximum Gasteiger partial charge on any atom is 0.406 e.